The van der Waals surface area contributed by atoms with E-state index in [1.165, 1.54) is 30.3 Å². The van der Waals surface area contributed by atoms with E-state index >= 15 is 0 Å². The number of nitrogens with zero attached hydrogens (tertiary/aromatic N) is 1. The molecule has 0 bridgehead atoms. The summed E-state index contributed by atoms with van der Waals surface area (Å²) in [6, 6.07) is 16.0. The Hall–Kier alpha value is -4.15. The van der Waals surface area contributed by atoms with E-state index < -0.39 is 23.8 Å². The van der Waals surface area contributed by atoms with Gasteiger partial charge < -0.3 is 15.2 Å². The molecular formula is C25H17BrClN3O6. The maximum atomic E-state index is 13.1. The Balaban J connectivity index is 1.58. The van der Waals surface area contributed by atoms with Crippen molar-refractivity contribution in [3.8, 4) is 11.5 Å². The first kappa shape index (κ1) is 25.0. The standard InChI is InChI=1S/C25H17BrClN3O6/c26-15-5-10-21(36-13-22(32)28-20-4-2-1-3-19(20)27)14(11-15)12-18-23(33)29-25(35)30(24(18)34)16-6-8-17(31)9-7-16/h1-12,31H,13H2,(H,28,32)(H,29,33,35)/b18-12-. The summed E-state index contributed by atoms with van der Waals surface area (Å²) in [6.07, 6.45) is 1.27. The van der Waals surface area contributed by atoms with Crippen LogP contribution in [-0.2, 0) is 14.4 Å². The van der Waals surface area contributed by atoms with Crippen molar-refractivity contribution in [2.24, 2.45) is 0 Å². The molecule has 0 aromatic heterocycles. The largest absolute Gasteiger partial charge is 0.508 e. The van der Waals surface area contributed by atoms with Gasteiger partial charge >= 0.3 is 6.03 Å². The van der Waals surface area contributed by atoms with E-state index in [1.807, 2.05) is 0 Å². The third kappa shape index (κ3) is 5.56. The number of carbonyl (C=O) groups excluding carboxylic acids is 4. The van der Waals surface area contributed by atoms with Crippen LogP contribution in [0, 0.1) is 0 Å². The number of para-hydroxylation sites is 1. The number of imide groups is 2. The number of halogens is 2. The Kier molecular flexibility index (Phi) is 7.37. The van der Waals surface area contributed by atoms with Gasteiger partial charge in [0.2, 0.25) is 0 Å². The molecule has 1 heterocycles. The van der Waals surface area contributed by atoms with Crippen molar-refractivity contribution in [1.82, 2.24) is 5.32 Å². The molecule has 1 aliphatic heterocycles. The van der Waals surface area contributed by atoms with Crippen LogP contribution in [0.15, 0.2) is 76.8 Å². The number of nitrogens with one attached hydrogen (secondary N) is 2. The van der Waals surface area contributed by atoms with Crippen molar-refractivity contribution in [1.29, 1.82) is 0 Å². The van der Waals surface area contributed by atoms with E-state index in [1.54, 1.807) is 42.5 Å². The molecule has 3 N–H and O–H groups in total. The summed E-state index contributed by atoms with van der Waals surface area (Å²) in [7, 11) is 0. The highest BCUT2D eigenvalue weighted by molar-refractivity contribution is 9.10. The quantitative estimate of drug-likeness (QED) is 0.296. The van der Waals surface area contributed by atoms with Crippen LogP contribution in [0.1, 0.15) is 5.56 Å². The summed E-state index contributed by atoms with van der Waals surface area (Å²) >= 11 is 9.40. The molecule has 11 heteroatoms. The average molecular weight is 571 g/mol. The number of benzene rings is 3. The first-order valence-electron chi connectivity index (χ1n) is 10.4. The SMILES string of the molecule is O=C(COc1ccc(Br)cc1/C=C1/C(=O)NC(=O)N(c2ccc(O)cc2)C1=O)Nc1ccccc1Cl. The monoisotopic (exact) mass is 569 g/mol. The van der Waals surface area contributed by atoms with Crippen LogP contribution in [0.3, 0.4) is 0 Å². The Bertz CT molecular complexity index is 1410. The van der Waals surface area contributed by atoms with Crippen molar-refractivity contribution >= 4 is 68.7 Å². The van der Waals surface area contributed by atoms with E-state index in [4.69, 9.17) is 16.3 Å². The fraction of sp³-hybridized carbons (Fsp3) is 0.0400. The zero-order valence-corrected chi connectivity index (χ0v) is 20.7. The summed E-state index contributed by atoms with van der Waals surface area (Å²) in [5.74, 6) is -2.06. The molecule has 0 saturated carbocycles. The highest BCUT2D eigenvalue weighted by Crippen LogP contribution is 2.29. The third-order valence-corrected chi connectivity index (χ3v) is 5.81. The summed E-state index contributed by atoms with van der Waals surface area (Å²) in [4.78, 5) is 51.2. The van der Waals surface area contributed by atoms with Crippen LogP contribution >= 0.6 is 27.5 Å². The predicted octanol–water partition coefficient (Wildman–Crippen LogP) is 4.49. The van der Waals surface area contributed by atoms with Crippen molar-refractivity contribution in [3.05, 3.63) is 87.4 Å². The van der Waals surface area contributed by atoms with Gasteiger partial charge in [-0.25, -0.2) is 9.69 Å². The number of carbonyl (C=O) groups is 4. The molecule has 0 unspecified atom stereocenters. The number of anilines is 2. The van der Waals surface area contributed by atoms with Gasteiger partial charge in [0.25, 0.3) is 17.7 Å². The van der Waals surface area contributed by atoms with Gasteiger partial charge in [0.15, 0.2) is 6.61 Å². The lowest BCUT2D eigenvalue weighted by Crippen LogP contribution is -2.54. The van der Waals surface area contributed by atoms with Crippen molar-refractivity contribution in [2.45, 2.75) is 0 Å². The summed E-state index contributed by atoms with van der Waals surface area (Å²) in [5.41, 5.74) is 0.574. The molecule has 5 amide bonds. The second-order valence-corrected chi connectivity index (χ2v) is 8.80. The van der Waals surface area contributed by atoms with E-state index in [2.05, 4.69) is 26.6 Å². The van der Waals surface area contributed by atoms with Gasteiger partial charge in [-0.2, -0.15) is 0 Å². The highest BCUT2D eigenvalue weighted by Gasteiger charge is 2.37. The molecule has 0 atom stereocenters. The number of aromatic hydroxyl groups is 1. The molecular weight excluding hydrogens is 554 g/mol. The lowest BCUT2D eigenvalue weighted by atomic mass is 10.1. The van der Waals surface area contributed by atoms with Gasteiger partial charge in [0.05, 0.1) is 16.4 Å². The minimum atomic E-state index is -0.921. The van der Waals surface area contributed by atoms with Gasteiger partial charge in [-0.3, -0.25) is 19.7 Å². The van der Waals surface area contributed by atoms with Crippen LogP contribution in [0.2, 0.25) is 5.02 Å². The van der Waals surface area contributed by atoms with Crippen molar-refractivity contribution < 1.29 is 29.0 Å². The molecule has 3 aromatic rings. The molecule has 0 spiro atoms. The van der Waals surface area contributed by atoms with Gasteiger partial charge in [-0.05, 0) is 60.7 Å². The number of phenolic OH excluding ortho intramolecular Hbond substituents is 1. The zero-order valence-electron chi connectivity index (χ0n) is 18.3. The van der Waals surface area contributed by atoms with Gasteiger partial charge in [-0.15, -0.1) is 0 Å². The van der Waals surface area contributed by atoms with E-state index in [9.17, 15) is 24.3 Å². The van der Waals surface area contributed by atoms with Crippen LogP contribution < -0.4 is 20.3 Å². The average Bonchev–Trinajstić information content (AvgIpc) is 2.84. The molecule has 1 aliphatic rings. The molecule has 9 nitrogen and oxygen atoms in total. The molecule has 3 aromatic carbocycles. The lowest BCUT2D eigenvalue weighted by molar-refractivity contribution is -0.122. The topological polar surface area (TPSA) is 125 Å². The first-order chi connectivity index (χ1) is 17.2. The van der Waals surface area contributed by atoms with E-state index in [0.29, 0.717) is 20.7 Å². The van der Waals surface area contributed by atoms with Gasteiger partial charge in [0.1, 0.15) is 17.1 Å². The number of rotatable bonds is 6. The molecule has 4 rings (SSSR count). The fourth-order valence-electron chi connectivity index (χ4n) is 3.30. The molecule has 182 valence electrons. The fourth-order valence-corrected chi connectivity index (χ4v) is 3.87. The number of urea groups is 1. The van der Waals surface area contributed by atoms with Crippen LogP contribution in [0.5, 0.6) is 11.5 Å². The van der Waals surface area contributed by atoms with Crippen molar-refractivity contribution in [3.63, 3.8) is 0 Å². The van der Waals surface area contributed by atoms with Gasteiger partial charge in [-0.1, -0.05) is 39.7 Å². The molecule has 0 aliphatic carbocycles. The maximum absolute atomic E-state index is 13.1. The third-order valence-electron chi connectivity index (χ3n) is 4.99. The van der Waals surface area contributed by atoms with Crippen molar-refractivity contribution in [2.75, 3.05) is 16.8 Å². The number of hydrogen-bond donors (Lipinski definition) is 3. The van der Waals surface area contributed by atoms with Crippen LogP contribution in [0.4, 0.5) is 16.2 Å². The number of amides is 5. The number of barbiturate groups is 1. The van der Waals surface area contributed by atoms with Gasteiger partial charge in [0, 0.05) is 10.0 Å². The second-order valence-electron chi connectivity index (χ2n) is 7.47. The van der Waals surface area contributed by atoms with Crippen LogP contribution in [0.25, 0.3) is 6.08 Å². The zero-order chi connectivity index (χ0) is 25.8. The minimum Gasteiger partial charge on any atom is -0.508 e. The van der Waals surface area contributed by atoms with E-state index in [-0.39, 0.29) is 29.4 Å². The molecule has 1 saturated heterocycles. The predicted molar refractivity (Wildman–Crippen MR) is 137 cm³/mol. The smallest absolute Gasteiger partial charge is 0.335 e. The number of hydrogen-bond acceptors (Lipinski definition) is 6. The molecule has 36 heavy (non-hydrogen) atoms. The number of phenols is 1. The normalized spacial score (nSPS) is 14.6. The summed E-state index contributed by atoms with van der Waals surface area (Å²) in [5, 5.41) is 14.6. The highest BCUT2D eigenvalue weighted by atomic mass is 79.9. The van der Waals surface area contributed by atoms with E-state index in [0.717, 1.165) is 4.90 Å². The number of ether oxygens (including phenoxy) is 1. The van der Waals surface area contributed by atoms with Crippen LogP contribution in [-0.4, -0.2) is 35.5 Å². The minimum absolute atomic E-state index is 0.0510. The summed E-state index contributed by atoms with van der Waals surface area (Å²) in [6.45, 7) is -0.374. The molecule has 1 fully saturated rings. The lowest BCUT2D eigenvalue weighted by Gasteiger charge is -2.26. The Morgan fingerprint density at radius 1 is 1.08 bits per heavy atom. The maximum Gasteiger partial charge on any atom is 0.335 e. The Morgan fingerprint density at radius 2 is 1.81 bits per heavy atom. The first-order valence-corrected chi connectivity index (χ1v) is 11.6. The molecule has 0 radical (unpaired) electrons. The summed E-state index contributed by atoms with van der Waals surface area (Å²) < 4.78 is 6.27. The Labute approximate surface area is 218 Å². The second kappa shape index (κ2) is 10.6. The Morgan fingerprint density at radius 3 is 2.53 bits per heavy atom.